The van der Waals surface area contributed by atoms with Gasteiger partial charge in [-0.25, -0.2) is 9.59 Å². The molecule has 4 amide bonds. The highest BCUT2D eigenvalue weighted by Gasteiger charge is 2.43. The number of carbonyl (C=O) groups excluding carboxylic acids is 4. The minimum absolute atomic E-state index is 0.0372. The topological polar surface area (TPSA) is 135 Å². The van der Waals surface area contributed by atoms with Gasteiger partial charge in [-0.15, -0.1) is 0 Å². The smallest absolute Gasteiger partial charge is 0.315 e. The minimum atomic E-state index is -0.0600. The lowest BCUT2D eigenvalue weighted by molar-refractivity contribution is -0.144. The third-order valence-corrected chi connectivity index (χ3v) is 17.1. The molecule has 0 aromatic heterocycles. The predicted molar refractivity (Wildman–Crippen MR) is 238 cm³/mol. The summed E-state index contributed by atoms with van der Waals surface area (Å²) in [6.07, 6.45) is 29.6. The summed E-state index contributed by atoms with van der Waals surface area (Å²) in [5, 5.41) is 12.9. The van der Waals surface area contributed by atoms with Crippen LogP contribution in [0.1, 0.15) is 167 Å². The van der Waals surface area contributed by atoms with Gasteiger partial charge in [0.15, 0.2) is 0 Å². The van der Waals surface area contributed by atoms with E-state index in [9.17, 15) is 19.2 Å². The van der Waals surface area contributed by atoms with Gasteiger partial charge in [-0.2, -0.15) is 23.5 Å². The van der Waals surface area contributed by atoms with Crippen molar-refractivity contribution >= 4 is 69.1 Å². The Hall–Kier alpha value is -1.12. The molecule has 4 aliphatic rings. The highest BCUT2D eigenvalue weighted by molar-refractivity contribution is 8.76. The second-order valence-electron chi connectivity index (χ2n) is 16.2. The molecule has 4 fully saturated rings. The molecular weight excluding hydrogens is 785 g/mol. The van der Waals surface area contributed by atoms with Gasteiger partial charge in [-0.05, 0) is 51.4 Å². The molecule has 0 radical (unpaired) electrons. The van der Waals surface area contributed by atoms with E-state index in [1.165, 1.54) is 101 Å². The summed E-state index contributed by atoms with van der Waals surface area (Å²) in [5.74, 6) is 4.41. The van der Waals surface area contributed by atoms with Crippen molar-refractivity contribution in [3.8, 4) is 0 Å². The summed E-state index contributed by atoms with van der Waals surface area (Å²) in [6, 6.07) is 0.965. The van der Waals surface area contributed by atoms with Crippen LogP contribution in [0.25, 0.3) is 0 Å². The Labute approximate surface area is 355 Å². The van der Waals surface area contributed by atoms with Gasteiger partial charge in [0.2, 0.25) is 0 Å². The van der Waals surface area contributed by atoms with Crippen LogP contribution in [0.5, 0.6) is 0 Å². The van der Waals surface area contributed by atoms with E-state index >= 15 is 0 Å². The van der Waals surface area contributed by atoms with E-state index < -0.39 is 0 Å². The summed E-state index contributed by atoms with van der Waals surface area (Å²) in [7, 11) is 4.13. The van der Waals surface area contributed by atoms with Crippen molar-refractivity contribution < 1.29 is 28.7 Å². The van der Waals surface area contributed by atoms with Crippen LogP contribution in [0.4, 0.5) is 9.59 Å². The lowest BCUT2D eigenvalue weighted by atomic mass is 10.0. The number of esters is 2. The number of fused-ring (bicyclic) bond motifs is 2. The zero-order chi connectivity index (χ0) is 39.5. The number of amides is 4. The summed E-state index contributed by atoms with van der Waals surface area (Å²) < 4.78 is 10.9. The average molecular weight is 859 g/mol. The first-order chi connectivity index (χ1) is 27.5. The summed E-state index contributed by atoms with van der Waals surface area (Å²) in [5.41, 5.74) is 0. The molecule has 14 heteroatoms. The Kier molecular flexibility index (Phi) is 25.5. The first kappa shape index (κ1) is 47.6. The maximum Gasteiger partial charge on any atom is 0.315 e. The molecule has 0 aliphatic carbocycles. The number of urea groups is 2. The zero-order valence-corrected chi connectivity index (χ0v) is 37.4. The Morgan fingerprint density at radius 3 is 1.23 bits per heavy atom. The Balaban J connectivity index is 0.760. The van der Waals surface area contributed by atoms with E-state index in [4.69, 9.17) is 9.47 Å². The summed E-state index contributed by atoms with van der Waals surface area (Å²) >= 11 is 3.86. The first-order valence-electron chi connectivity index (χ1n) is 22.4. The van der Waals surface area contributed by atoms with Gasteiger partial charge in [0.25, 0.3) is 0 Å². The number of carbonyl (C=O) groups is 4. The van der Waals surface area contributed by atoms with Gasteiger partial charge < -0.3 is 30.7 Å². The third kappa shape index (κ3) is 20.2. The van der Waals surface area contributed by atoms with Gasteiger partial charge in [0.05, 0.1) is 37.4 Å². The quantitative estimate of drug-likeness (QED) is 0.0211. The average Bonchev–Trinajstić information content (AvgIpc) is 3.95. The van der Waals surface area contributed by atoms with Gasteiger partial charge in [-0.3, -0.25) is 9.59 Å². The number of rotatable bonds is 35. The minimum Gasteiger partial charge on any atom is -0.466 e. The van der Waals surface area contributed by atoms with Crippen molar-refractivity contribution in [1.29, 1.82) is 0 Å². The van der Waals surface area contributed by atoms with Crippen LogP contribution in [0.2, 0.25) is 0 Å². The fraction of sp³-hybridized carbons (Fsp3) is 0.905. The zero-order valence-electron chi connectivity index (χ0n) is 34.2. The lowest BCUT2D eigenvalue weighted by Crippen LogP contribution is -2.36. The van der Waals surface area contributed by atoms with Crippen molar-refractivity contribution in [3.63, 3.8) is 0 Å². The molecule has 4 N–H and O–H groups in total. The van der Waals surface area contributed by atoms with E-state index in [0.717, 1.165) is 75.7 Å². The molecule has 322 valence electrons. The molecule has 6 atom stereocenters. The van der Waals surface area contributed by atoms with Crippen LogP contribution >= 0.6 is 45.1 Å². The van der Waals surface area contributed by atoms with E-state index in [1.54, 1.807) is 0 Å². The molecule has 0 spiro atoms. The van der Waals surface area contributed by atoms with Crippen LogP contribution in [-0.4, -0.2) is 94.9 Å². The van der Waals surface area contributed by atoms with E-state index in [0.29, 0.717) is 36.6 Å². The van der Waals surface area contributed by atoms with E-state index in [-0.39, 0.29) is 48.2 Å². The maximum atomic E-state index is 12.1. The molecule has 0 bridgehead atoms. The first-order valence-corrected chi connectivity index (χ1v) is 27.0. The van der Waals surface area contributed by atoms with Gasteiger partial charge in [-0.1, -0.05) is 124 Å². The van der Waals surface area contributed by atoms with Crippen LogP contribution in [0.3, 0.4) is 0 Å². The number of nitrogens with one attached hydrogen (secondary N) is 4. The SMILES string of the molecule is O=C1N[C@H]2[C@H](CS[C@H]2CCCCC(=O)OCCCCCCCCCCCSSCCCCCCCCCCCOC(=O)CCCC[C@@H]2SC[C@@H]3NC(=O)N[C@@H]32)N1. The molecule has 10 nitrogen and oxygen atoms in total. The highest BCUT2D eigenvalue weighted by atomic mass is 33.1. The normalized spacial score (nSPS) is 23.6. The number of hydrogen-bond acceptors (Lipinski definition) is 10. The fourth-order valence-corrected chi connectivity index (χ4v) is 13.5. The molecule has 4 aliphatic heterocycles. The van der Waals surface area contributed by atoms with Crippen molar-refractivity contribution in [2.45, 2.75) is 202 Å². The Morgan fingerprint density at radius 2 is 0.839 bits per heavy atom. The Bertz CT molecular complexity index is 1040. The number of hydrogen-bond donors (Lipinski definition) is 4. The number of unbranched alkanes of at least 4 members (excludes halogenated alkanes) is 18. The number of thioether (sulfide) groups is 2. The van der Waals surface area contributed by atoms with Gasteiger partial charge in [0, 0.05) is 46.4 Å². The van der Waals surface area contributed by atoms with Crippen LogP contribution in [0, 0.1) is 0 Å². The van der Waals surface area contributed by atoms with E-state index in [1.807, 2.05) is 23.5 Å². The summed E-state index contributed by atoms with van der Waals surface area (Å²) in [4.78, 5) is 47.1. The van der Waals surface area contributed by atoms with Crippen LogP contribution in [-0.2, 0) is 19.1 Å². The Morgan fingerprint density at radius 1 is 0.482 bits per heavy atom. The molecule has 4 saturated heterocycles. The second-order valence-corrected chi connectivity index (χ2v) is 21.4. The van der Waals surface area contributed by atoms with Crippen molar-refractivity contribution in [3.05, 3.63) is 0 Å². The summed E-state index contributed by atoms with van der Waals surface area (Å²) in [6.45, 7) is 1.12. The van der Waals surface area contributed by atoms with Crippen molar-refractivity contribution in [2.75, 3.05) is 36.2 Å². The van der Waals surface area contributed by atoms with Gasteiger partial charge in [0.1, 0.15) is 0 Å². The molecule has 4 rings (SSSR count). The van der Waals surface area contributed by atoms with Crippen LogP contribution < -0.4 is 21.3 Å². The number of ether oxygens (including phenoxy) is 2. The monoisotopic (exact) mass is 858 g/mol. The lowest BCUT2D eigenvalue weighted by Gasteiger charge is -2.16. The molecule has 0 saturated carbocycles. The predicted octanol–water partition coefficient (Wildman–Crippen LogP) is 9.93. The molecule has 0 aromatic rings. The van der Waals surface area contributed by atoms with Crippen molar-refractivity contribution in [2.24, 2.45) is 0 Å². The van der Waals surface area contributed by atoms with Crippen LogP contribution in [0.15, 0.2) is 0 Å². The van der Waals surface area contributed by atoms with Gasteiger partial charge >= 0.3 is 24.0 Å². The largest absolute Gasteiger partial charge is 0.466 e. The molecule has 56 heavy (non-hydrogen) atoms. The van der Waals surface area contributed by atoms with E-state index in [2.05, 4.69) is 42.9 Å². The second kappa shape index (κ2) is 30.0. The molecule has 4 heterocycles. The molecule has 0 aromatic carbocycles. The third-order valence-electron chi connectivity index (χ3n) is 11.5. The standard InChI is InChI=1S/C42H74N4O6S4/c47-37(25-17-15-23-35-39-33(31-53-35)43-41(49)45-39)51-27-19-11-7-3-1-5-9-13-21-29-55-56-30-22-14-10-6-2-4-8-12-20-28-52-38(48)26-18-16-24-36-40-34(32-54-36)44-42(50)46-40/h33-36,39-40H,1-32H2,(H2,43,45,49)(H2,44,46,50)/t33-,34-,35-,36-,39-,40-/m0/s1. The molecule has 0 unspecified atom stereocenters. The molecular formula is C42H74N4O6S4. The fourth-order valence-electron chi connectivity index (χ4n) is 8.15. The maximum absolute atomic E-state index is 12.1. The van der Waals surface area contributed by atoms with Crippen molar-refractivity contribution in [1.82, 2.24) is 21.3 Å². The highest BCUT2D eigenvalue weighted by Crippen LogP contribution is 2.34.